The highest BCUT2D eigenvalue weighted by atomic mass is 16.3. The van der Waals surface area contributed by atoms with Crippen molar-refractivity contribution >= 4 is 43.7 Å². The summed E-state index contributed by atoms with van der Waals surface area (Å²) in [6, 6.07) is 85.4. The normalized spacial score (nSPS) is 14.4. The summed E-state index contributed by atoms with van der Waals surface area (Å²) >= 11 is 0. The van der Waals surface area contributed by atoms with Crippen LogP contribution < -0.4 is 0 Å². The first-order valence-electron chi connectivity index (χ1n) is 23.7. The van der Waals surface area contributed by atoms with Crippen LogP contribution in [-0.2, 0) is 5.41 Å². The lowest BCUT2D eigenvalue weighted by Crippen LogP contribution is -2.33. The molecule has 0 saturated heterocycles. The van der Waals surface area contributed by atoms with Gasteiger partial charge >= 0.3 is 0 Å². The zero-order valence-electron chi connectivity index (χ0n) is 37.3. The summed E-state index contributed by atoms with van der Waals surface area (Å²) in [5.41, 5.74) is 21.2. The van der Waals surface area contributed by atoms with Gasteiger partial charge < -0.3 is 8.98 Å². The number of furan rings is 1. The van der Waals surface area contributed by atoms with Gasteiger partial charge in [0.2, 0.25) is 0 Å². The van der Waals surface area contributed by atoms with Crippen molar-refractivity contribution in [2.24, 2.45) is 0 Å². The molecule has 0 saturated carbocycles. The fraction of sp³-hybridized carbons (Fsp3) is 0.0154. The van der Waals surface area contributed by atoms with Crippen molar-refractivity contribution < 1.29 is 4.42 Å². The summed E-state index contributed by atoms with van der Waals surface area (Å²) in [5.74, 6) is 0.657. The van der Waals surface area contributed by atoms with E-state index in [9.17, 15) is 0 Å². The molecular weight excluding hydrogens is 839 g/mol. The highest BCUT2D eigenvalue weighted by Crippen LogP contribution is 2.62. The Kier molecular flexibility index (Phi) is 7.96. The average Bonchev–Trinajstić information content (AvgIpc) is 4.08. The van der Waals surface area contributed by atoms with Crippen molar-refractivity contribution in [2.45, 2.75) is 5.41 Å². The van der Waals surface area contributed by atoms with Crippen molar-refractivity contribution in [3.63, 3.8) is 0 Å². The molecule has 1 aliphatic carbocycles. The van der Waals surface area contributed by atoms with Gasteiger partial charge in [-0.25, -0.2) is 9.97 Å². The molecule has 1 spiro atoms. The third kappa shape index (κ3) is 5.28. The molecule has 1 atom stereocenters. The molecule has 2 aliphatic rings. The van der Waals surface area contributed by atoms with Crippen LogP contribution in [0.4, 0.5) is 0 Å². The van der Waals surface area contributed by atoms with E-state index in [1.807, 2.05) is 12.1 Å². The van der Waals surface area contributed by atoms with E-state index in [4.69, 9.17) is 14.4 Å². The SMILES string of the molecule is c1ccc(-c2ccc(-c3ccccc3-c3cc(-c4cccc5c4oc4ccccc45)nc(-c4cccc5c4-c4ccccc4C54c5ccccc5-n5c6ccccc6c6cccc4c65)n3)cc2)cc1. The van der Waals surface area contributed by atoms with E-state index in [1.165, 1.54) is 66.4 Å². The first kappa shape index (κ1) is 38.0. The molecule has 10 aromatic carbocycles. The molecule has 1 aliphatic heterocycles. The fourth-order valence-electron chi connectivity index (χ4n) is 12.0. The van der Waals surface area contributed by atoms with Crippen molar-refractivity contribution in [1.82, 2.24) is 14.5 Å². The Morgan fingerprint density at radius 2 is 0.928 bits per heavy atom. The average molecular weight is 878 g/mol. The van der Waals surface area contributed by atoms with Gasteiger partial charge in [-0.15, -0.1) is 0 Å². The minimum absolute atomic E-state index is 0.610. The minimum atomic E-state index is -0.610. The Hall–Kier alpha value is -9.12. The molecule has 0 amide bonds. The van der Waals surface area contributed by atoms with Gasteiger partial charge in [0.25, 0.3) is 0 Å². The summed E-state index contributed by atoms with van der Waals surface area (Å²) in [4.78, 5) is 11.3. The summed E-state index contributed by atoms with van der Waals surface area (Å²) in [5, 5.41) is 4.65. The van der Waals surface area contributed by atoms with E-state index in [0.29, 0.717) is 5.82 Å². The largest absolute Gasteiger partial charge is 0.455 e. The van der Waals surface area contributed by atoms with E-state index in [1.54, 1.807) is 0 Å². The molecule has 3 aromatic heterocycles. The maximum atomic E-state index is 6.71. The van der Waals surface area contributed by atoms with Crippen LogP contribution >= 0.6 is 0 Å². The van der Waals surface area contributed by atoms with Crippen LogP contribution in [-0.4, -0.2) is 14.5 Å². The predicted molar refractivity (Wildman–Crippen MR) is 282 cm³/mol. The summed E-state index contributed by atoms with van der Waals surface area (Å²) in [7, 11) is 0. The third-order valence-electron chi connectivity index (χ3n) is 14.9. The van der Waals surface area contributed by atoms with Crippen molar-refractivity contribution in [2.75, 3.05) is 0 Å². The molecule has 0 bridgehead atoms. The van der Waals surface area contributed by atoms with Crippen LogP contribution in [0.25, 0.3) is 117 Å². The molecule has 0 N–H and O–H groups in total. The zero-order chi connectivity index (χ0) is 45.2. The standard InChI is InChI=1S/C65H39N3O/c1-2-17-40(18-3-1)41-35-37-42(38-36-41)43-19-4-5-20-44(43)56-39-57(50-26-14-25-48-46-22-8-13-34-60(46)69-63(48)50)67-64(66-56)51-27-16-30-54-61(51)49-23-6-9-28-52(49)65(54)53-29-10-12-33-59(53)68-58-32-11-7-21-45(58)47-24-15-31-55(65)62(47)68/h1-39H. The van der Waals surface area contributed by atoms with Crippen LogP contribution in [0.1, 0.15) is 22.3 Å². The first-order chi connectivity index (χ1) is 34.2. The van der Waals surface area contributed by atoms with Gasteiger partial charge in [-0.2, -0.15) is 0 Å². The van der Waals surface area contributed by atoms with Gasteiger partial charge in [-0.3, -0.25) is 0 Å². The van der Waals surface area contributed by atoms with Crippen LogP contribution in [0.3, 0.4) is 0 Å². The first-order valence-corrected chi connectivity index (χ1v) is 23.7. The smallest absolute Gasteiger partial charge is 0.161 e. The molecule has 13 aromatic rings. The number of benzene rings is 10. The monoisotopic (exact) mass is 877 g/mol. The molecule has 69 heavy (non-hydrogen) atoms. The highest BCUT2D eigenvalue weighted by Gasteiger charge is 2.51. The minimum Gasteiger partial charge on any atom is -0.455 e. The van der Waals surface area contributed by atoms with Gasteiger partial charge in [-0.05, 0) is 86.0 Å². The molecule has 4 heterocycles. The predicted octanol–water partition coefficient (Wildman–Crippen LogP) is 16.5. The van der Waals surface area contributed by atoms with E-state index in [2.05, 4.69) is 229 Å². The van der Waals surface area contributed by atoms with E-state index < -0.39 is 5.41 Å². The molecule has 0 fully saturated rings. The van der Waals surface area contributed by atoms with Crippen LogP contribution in [0.5, 0.6) is 0 Å². The van der Waals surface area contributed by atoms with E-state index in [0.717, 1.165) is 66.7 Å². The maximum absolute atomic E-state index is 6.71. The molecule has 4 heteroatoms. The van der Waals surface area contributed by atoms with Gasteiger partial charge in [0.1, 0.15) is 11.2 Å². The Morgan fingerprint density at radius 3 is 1.80 bits per heavy atom. The van der Waals surface area contributed by atoms with Gasteiger partial charge in [0.15, 0.2) is 5.82 Å². The topological polar surface area (TPSA) is 43.9 Å². The van der Waals surface area contributed by atoms with E-state index in [-0.39, 0.29) is 0 Å². The van der Waals surface area contributed by atoms with E-state index >= 15 is 0 Å². The lowest BCUT2D eigenvalue weighted by atomic mass is 9.65. The third-order valence-corrected chi connectivity index (χ3v) is 14.9. The highest BCUT2D eigenvalue weighted by molar-refractivity contribution is 6.13. The Labute approximate surface area is 398 Å². The Bertz CT molecular complexity index is 4260. The number of hydrogen-bond acceptors (Lipinski definition) is 3. The molecule has 15 rings (SSSR count). The summed E-state index contributed by atoms with van der Waals surface area (Å²) < 4.78 is 9.21. The van der Waals surface area contributed by atoms with Gasteiger partial charge in [0, 0.05) is 38.2 Å². The molecular formula is C65H39N3O. The molecule has 320 valence electrons. The fourth-order valence-corrected chi connectivity index (χ4v) is 12.0. The molecule has 4 nitrogen and oxygen atoms in total. The Morgan fingerprint density at radius 1 is 0.362 bits per heavy atom. The maximum Gasteiger partial charge on any atom is 0.161 e. The number of nitrogens with zero attached hydrogens (tertiary/aromatic N) is 3. The molecule has 1 unspecified atom stereocenters. The second-order valence-electron chi connectivity index (χ2n) is 18.3. The van der Waals surface area contributed by atoms with Crippen molar-refractivity contribution in [3.8, 4) is 73.0 Å². The lowest BCUT2D eigenvalue weighted by molar-refractivity contribution is 0.670. The van der Waals surface area contributed by atoms with Crippen LogP contribution in [0.15, 0.2) is 241 Å². The van der Waals surface area contributed by atoms with Gasteiger partial charge in [-0.1, -0.05) is 206 Å². The number of fused-ring (bicyclic) bond motifs is 15. The van der Waals surface area contributed by atoms with Crippen LogP contribution in [0.2, 0.25) is 0 Å². The van der Waals surface area contributed by atoms with Crippen molar-refractivity contribution in [1.29, 1.82) is 0 Å². The zero-order valence-corrected chi connectivity index (χ0v) is 37.3. The number of hydrogen-bond donors (Lipinski definition) is 0. The quantitative estimate of drug-likeness (QED) is 0.173. The Balaban J connectivity index is 1.00. The second kappa shape index (κ2) is 14.4. The second-order valence-corrected chi connectivity index (χ2v) is 18.3. The molecule has 0 radical (unpaired) electrons. The number of rotatable bonds is 5. The lowest BCUT2D eigenvalue weighted by Gasteiger charge is -2.39. The number of aromatic nitrogens is 3. The van der Waals surface area contributed by atoms with Gasteiger partial charge in [0.05, 0.1) is 33.5 Å². The summed E-state index contributed by atoms with van der Waals surface area (Å²) in [6.45, 7) is 0. The van der Waals surface area contributed by atoms with Crippen molar-refractivity contribution in [3.05, 3.63) is 259 Å². The number of para-hydroxylation sites is 5. The summed E-state index contributed by atoms with van der Waals surface area (Å²) in [6.07, 6.45) is 0. The van der Waals surface area contributed by atoms with Crippen LogP contribution in [0, 0.1) is 0 Å².